The van der Waals surface area contributed by atoms with Gasteiger partial charge in [0, 0.05) is 18.3 Å². The number of rotatable bonds is 6. The van der Waals surface area contributed by atoms with Gasteiger partial charge in [0.25, 0.3) is 0 Å². The van der Waals surface area contributed by atoms with Crippen LogP contribution in [0.2, 0.25) is 0 Å². The normalized spacial score (nSPS) is 11.7. The van der Waals surface area contributed by atoms with E-state index < -0.39 is 30.3 Å². The Bertz CT molecular complexity index is 541. The fraction of sp³-hybridized carbons (Fsp3) is 0.385. The molecule has 0 unspecified atom stereocenters. The fourth-order valence-corrected chi connectivity index (χ4v) is 1.53. The minimum absolute atomic E-state index is 0.0275. The number of alkyl halides is 2. The molecule has 122 valence electrons. The maximum absolute atomic E-state index is 13.5. The Balaban J connectivity index is 2.61. The molecule has 0 radical (unpaired) electrons. The van der Waals surface area contributed by atoms with Crippen LogP contribution in [0.3, 0.4) is 0 Å². The molecule has 0 fully saturated rings. The Morgan fingerprint density at radius 3 is 2.55 bits per heavy atom. The topological polar surface area (TPSA) is 79.5 Å². The van der Waals surface area contributed by atoms with Crippen molar-refractivity contribution < 1.29 is 27.5 Å². The lowest BCUT2D eigenvalue weighted by Gasteiger charge is -2.14. The van der Waals surface area contributed by atoms with Gasteiger partial charge in [-0.05, 0) is 26.0 Å². The predicted molar refractivity (Wildman–Crippen MR) is 73.3 cm³/mol. The third-order valence-electron chi connectivity index (χ3n) is 2.50. The van der Waals surface area contributed by atoms with Gasteiger partial charge in [0.05, 0.1) is 0 Å². The second-order valence-corrected chi connectivity index (χ2v) is 4.24. The summed E-state index contributed by atoms with van der Waals surface area (Å²) >= 11 is 0. The highest BCUT2D eigenvalue weighted by Crippen LogP contribution is 2.22. The Labute approximate surface area is 125 Å². The summed E-state index contributed by atoms with van der Waals surface area (Å²) in [5, 5.41) is 7.14. The number of anilines is 1. The summed E-state index contributed by atoms with van der Waals surface area (Å²) < 4.78 is 41.4. The first-order valence-corrected chi connectivity index (χ1v) is 6.43. The SMILES string of the molecule is CCNC(=O)[C@H](C)NC(=O)Nc1ccc(OC(F)F)c(F)c1. The summed E-state index contributed by atoms with van der Waals surface area (Å²) in [6.45, 7) is 0.486. The zero-order valence-corrected chi connectivity index (χ0v) is 12.0. The highest BCUT2D eigenvalue weighted by atomic mass is 19.3. The molecule has 1 aromatic carbocycles. The quantitative estimate of drug-likeness (QED) is 0.751. The Kier molecular flexibility index (Phi) is 6.48. The van der Waals surface area contributed by atoms with Gasteiger partial charge in [0.2, 0.25) is 5.91 Å². The highest BCUT2D eigenvalue weighted by Gasteiger charge is 2.15. The number of benzene rings is 1. The molecular weight excluding hydrogens is 303 g/mol. The highest BCUT2D eigenvalue weighted by molar-refractivity contribution is 5.93. The molecule has 0 heterocycles. The molecule has 0 saturated carbocycles. The summed E-state index contributed by atoms with van der Waals surface area (Å²) in [6, 6.07) is 1.46. The predicted octanol–water partition coefficient (Wildman–Crippen LogP) is 2.07. The molecule has 9 heteroatoms. The smallest absolute Gasteiger partial charge is 0.387 e. The lowest BCUT2D eigenvalue weighted by Crippen LogP contribution is -2.46. The van der Waals surface area contributed by atoms with Gasteiger partial charge in [-0.2, -0.15) is 8.78 Å². The zero-order chi connectivity index (χ0) is 16.7. The van der Waals surface area contributed by atoms with Gasteiger partial charge < -0.3 is 20.7 Å². The Morgan fingerprint density at radius 1 is 1.32 bits per heavy atom. The van der Waals surface area contributed by atoms with Gasteiger partial charge in [-0.15, -0.1) is 0 Å². The molecule has 6 nitrogen and oxygen atoms in total. The van der Waals surface area contributed by atoms with E-state index in [-0.39, 0.29) is 11.6 Å². The molecule has 0 spiro atoms. The Morgan fingerprint density at radius 2 is 2.00 bits per heavy atom. The number of carbonyl (C=O) groups is 2. The van der Waals surface area contributed by atoms with Crippen LogP contribution < -0.4 is 20.7 Å². The van der Waals surface area contributed by atoms with Crippen molar-refractivity contribution in [1.29, 1.82) is 0 Å². The van der Waals surface area contributed by atoms with Crippen molar-refractivity contribution in [2.24, 2.45) is 0 Å². The monoisotopic (exact) mass is 319 g/mol. The van der Waals surface area contributed by atoms with E-state index in [0.717, 1.165) is 12.1 Å². The minimum Gasteiger partial charge on any atom is -0.432 e. The molecule has 3 N–H and O–H groups in total. The van der Waals surface area contributed by atoms with E-state index in [9.17, 15) is 22.8 Å². The average molecular weight is 319 g/mol. The molecular formula is C13H16F3N3O3. The number of ether oxygens (including phenoxy) is 1. The van der Waals surface area contributed by atoms with Gasteiger partial charge in [-0.25, -0.2) is 9.18 Å². The number of carbonyl (C=O) groups excluding carboxylic acids is 2. The number of urea groups is 1. The average Bonchev–Trinajstić information content (AvgIpc) is 2.41. The molecule has 0 saturated heterocycles. The van der Waals surface area contributed by atoms with Crippen molar-refractivity contribution >= 4 is 17.6 Å². The van der Waals surface area contributed by atoms with E-state index in [4.69, 9.17) is 0 Å². The maximum atomic E-state index is 13.5. The van der Waals surface area contributed by atoms with Crippen LogP contribution in [-0.2, 0) is 4.79 Å². The van der Waals surface area contributed by atoms with E-state index in [2.05, 4.69) is 20.7 Å². The molecule has 0 aliphatic carbocycles. The van der Waals surface area contributed by atoms with Crippen molar-refractivity contribution in [2.75, 3.05) is 11.9 Å². The zero-order valence-electron chi connectivity index (χ0n) is 12.0. The van der Waals surface area contributed by atoms with Gasteiger partial charge in [0.1, 0.15) is 6.04 Å². The second kappa shape index (κ2) is 8.11. The van der Waals surface area contributed by atoms with Crippen LogP contribution in [-0.4, -0.2) is 31.1 Å². The molecule has 3 amide bonds. The van der Waals surface area contributed by atoms with Crippen LogP contribution in [0.4, 0.5) is 23.7 Å². The fourth-order valence-electron chi connectivity index (χ4n) is 1.53. The first-order chi connectivity index (χ1) is 10.3. The van der Waals surface area contributed by atoms with Crippen molar-refractivity contribution in [3.63, 3.8) is 0 Å². The van der Waals surface area contributed by atoms with E-state index in [1.165, 1.54) is 13.0 Å². The van der Waals surface area contributed by atoms with Gasteiger partial charge >= 0.3 is 12.6 Å². The summed E-state index contributed by atoms with van der Waals surface area (Å²) in [5.74, 6) is -2.05. The first kappa shape index (κ1) is 17.6. The van der Waals surface area contributed by atoms with Crippen LogP contribution >= 0.6 is 0 Å². The number of hydrogen-bond acceptors (Lipinski definition) is 3. The first-order valence-electron chi connectivity index (χ1n) is 6.43. The molecule has 1 aromatic rings. The number of nitrogens with one attached hydrogen (secondary N) is 3. The van der Waals surface area contributed by atoms with Crippen LogP contribution in [0.25, 0.3) is 0 Å². The number of amides is 3. The molecule has 1 rings (SSSR count). The van der Waals surface area contributed by atoms with Crippen molar-refractivity contribution in [3.05, 3.63) is 24.0 Å². The van der Waals surface area contributed by atoms with Gasteiger partial charge in [0.15, 0.2) is 11.6 Å². The van der Waals surface area contributed by atoms with Crippen LogP contribution in [0, 0.1) is 5.82 Å². The van der Waals surface area contributed by atoms with Crippen LogP contribution in [0.15, 0.2) is 18.2 Å². The maximum Gasteiger partial charge on any atom is 0.387 e. The largest absolute Gasteiger partial charge is 0.432 e. The number of halogens is 3. The molecule has 0 bridgehead atoms. The summed E-state index contributed by atoms with van der Waals surface area (Å²) in [7, 11) is 0. The molecule has 22 heavy (non-hydrogen) atoms. The van der Waals surface area contributed by atoms with E-state index in [1.807, 2.05) is 0 Å². The summed E-state index contributed by atoms with van der Waals surface area (Å²) in [5.41, 5.74) is 0.0275. The van der Waals surface area contributed by atoms with Crippen LogP contribution in [0.5, 0.6) is 5.75 Å². The van der Waals surface area contributed by atoms with Crippen molar-refractivity contribution in [1.82, 2.24) is 10.6 Å². The van der Waals surface area contributed by atoms with E-state index in [0.29, 0.717) is 6.54 Å². The van der Waals surface area contributed by atoms with Crippen molar-refractivity contribution in [3.8, 4) is 5.75 Å². The van der Waals surface area contributed by atoms with E-state index >= 15 is 0 Å². The lowest BCUT2D eigenvalue weighted by atomic mass is 10.3. The summed E-state index contributed by atoms with van der Waals surface area (Å²) in [4.78, 5) is 23.1. The third-order valence-corrected chi connectivity index (χ3v) is 2.50. The second-order valence-electron chi connectivity index (χ2n) is 4.24. The van der Waals surface area contributed by atoms with Crippen molar-refractivity contribution in [2.45, 2.75) is 26.5 Å². The van der Waals surface area contributed by atoms with Gasteiger partial charge in [-0.1, -0.05) is 0 Å². The number of hydrogen-bond donors (Lipinski definition) is 3. The molecule has 0 aliphatic rings. The van der Waals surface area contributed by atoms with Crippen LogP contribution in [0.1, 0.15) is 13.8 Å². The third kappa shape index (κ3) is 5.51. The molecule has 1 atom stereocenters. The van der Waals surface area contributed by atoms with E-state index in [1.54, 1.807) is 6.92 Å². The summed E-state index contributed by atoms with van der Waals surface area (Å²) in [6.07, 6.45) is 0. The van der Waals surface area contributed by atoms with Gasteiger partial charge in [-0.3, -0.25) is 4.79 Å². The number of likely N-dealkylation sites (N-methyl/N-ethyl adjacent to an activating group) is 1. The minimum atomic E-state index is -3.14. The molecule has 0 aliphatic heterocycles. The standard InChI is InChI=1S/C13H16F3N3O3/c1-3-17-11(20)7(2)18-13(21)19-8-4-5-10(9(14)6-8)22-12(15)16/h4-7,12H,3H2,1-2H3,(H,17,20)(H2,18,19,21)/t7-/m0/s1. The lowest BCUT2D eigenvalue weighted by molar-refractivity contribution is -0.122. The molecule has 0 aromatic heterocycles. The Hall–Kier alpha value is -2.45.